The number of halogens is 2. The topological polar surface area (TPSA) is 83.5 Å². The average molecular weight is 350 g/mol. The molecule has 2 N–H and O–H groups in total. The minimum Gasteiger partial charge on any atom is -0.478 e. The van der Waals surface area contributed by atoms with E-state index in [1.54, 1.807) is 0 Å². The van der Waals surface area contributed by atoms with Crippen LogP contribution in [-0.2, 0) is 14.8 Å². The van der Waals surface area contributed by atoms with Crippen LogP contribution in [0.4, 0.5) is 5.69 Å². The van der Waals surface area contributed by atoms with E-state index in [-0.39, 0.29) is 22.7 Å². The van der Waals surface area contributed by atoms with Crippen molar-refractivity contribution in [2.45, 2.75) is 24.5 Å². The Kier molecular flexibility index (Phi) is 4.81. The van der Waals surface area contributed by atoms with Crippen LogP contribution < -0.4 is 4.72 Å². The van der Waals surface area contributed by atoms with Crippen LogP contribution in [0.15, 0.2) is 29.8 Å². The number of carbonyl (C=O) groups is 1. The summed E-state index contributed by atoms with van der Waals surface area (Å²) < 4.78 is 27.1. The lowest BCUT2D eigenvalue weighted by Gasteiger charge is -2.22. The van der Waals surface area contributed by atoms with Crippen molar-refractivity contribution in [2.75, 3.05) is 4.72 Å². The minimum atomic E-state index is -3.89. The summed E-state index contributed by atoms with van der Waals surface area (Å²) in [7, 11) is -3.89. The number of allylic oxidation sites excluding steroid dienone is 1. The van der Waals surface area contributed by atoms with E-state index in [4.69, 9.17) is 28.3 Å². The van der Waals surface area contributed by atoms with Crippen LogP contribution in [-0.4, -0.2) is 24.7 Å². The van der Waals surface area contributed by atoms with E-state index in [1.807, 2.05) is 0 Å². The zero-order valence-electron chi connectivity index (χ0n) is 10.8. The Bertz CT molecular complexity index is 700. The maximum absolute atomic E-state index is 12.4. The van der Waals surface area contributed by atoms with E-state index in [0.717, 1.165) is 0 Å². The first-order valence-electron chi connectivity index (χ1n) is 6.21. The lowest BCUT2D eigenvalue weighted by molar-refractivity contribution is -0.132. The Morgan fingerprint density at radius 1 is 1.33 bits per heavy atom. The summed E-state index contributed by atoms with van der Waals surface area (Å²) in [6.45, 7) is 0. The molecule has 0 aromatic heterocycles. The summed E-state index contributed by atoms with van der Waals surface area (Å²) in [5.41, 5.74) is 0.0789. The molecule has 0 bridgehead atoms. The maximum atomic E-state index is 12.4. The molecule has 5 nitrogen and oxygen atoms in total. The third kappa shape index (κ3) is 3.70. The second-order valence-electron chi connectivity index (χ2n) is 4.66. The van der Waals surface area contributed by atoms with Crippen molar-refractivity contribution in [3.63, 3.8) is 0 Å². The molecule has 21 heavy (non-hydrogen) atoms. The van der Waals surface area contributed by atoms with Gasteiger partial charge in [0, 0.05) is 5.02 Å². The molecule has 0 spiro atoms. The van der Waals surface area contributed by atoms with Gasteiger partial charge in [-0.3, -0.25) is 4.72 Å². The van der Waals surface area contributed by atoms with Gasteiger partial charge in [-0.15, -0.1) is 0 Å². The van der Waals surface area contributed by atoms with Crippen LogP contribution in [0, 0.1) is 0 Å². The number of sulfonamides is 1. The molecule has 0 amide bonds. The Morgan fingerprint density at radius 2 is 2.05 bits per heavy atom. The first-order valence-corrected chi connectivity index (χ1v) is 8.51. The molecule has 0 heterocycles. The van der Waals surface area contributed by atoms with E-state index < -0.39 is 21.2 Å². The van der Waals surface area contributed by atoms with Crippen molar-refractivity contribution in [1.29, 1.82) is 0 Å². The minimum absolute atomic E-state index is 0.0983. The highest BCUT2D eigenvalue weighted by molar-refractivity contribution is 7.93. The average Bonchev–Trinajstić information content (AvgIpc) is 2.42. The third-order valence-electron chi connectivity index (χ3n) is 3.19. The van der Waals surface area contributed by atoms with Crippen LogP contribution in [0.1, 0.15) is 19.3 Å². The van der Waals surface area contributed by atoms with E-state index >= 15 is 0 Å². The van der Waals surface area contributed by atoms with Gasteiger partial charge in [-0.1, -0.05) is 29.3 Å². The summed E-state index contributed by atoms with van der Waals surface area (Å²) in [4.78, 5) is 11.2. The molecule has 1 aromatic rings. The fraction of sp³-hybridized carbons (Fsp3) is 0.308. The summed E-state index contributed by atoms with van der Waals surface area (Å²) in [6, 6.07) is 4.35. The predicted octanol–water partition coefficient (Wildman–Crippen LogP) is 3.30. The van der Waals surface area contributed by atoms with Crippen LogP contribution in [0.5, 0.6) is 0 Å². The number of hydrogen-bond acceptors (Lipinski definition) is 3. The molecule has 0 radical (unpaired) electrons. The number of benzene rings is 1. The number of rotatable bonds is 4. The van der Waals surface area contributed by atoms with Gasteiger partial charge in [0.25, 0.3) is 0 Å². The van der Waals surface area contributed by atoms with Gasteiger partial charge in [-0.05, 0) is 37.5 Å². The van der Waals surface area contributed by atoms with Crippen molar-refractivity contribution in [2.24, 2.45) is 0 Å². The molecule has 8 heteroatoms. The summed E-state index contributed by atoms with van der Waals surface area (Å²) >= 11 is 11.7. The zero-order chi connectivity index (χ0) is 15.6. The van der Waals surface area contributed by atoms with Gasteiger partial charge in [-0.25, -0.2) is 13.2 Å². The van der Waals surface area contributed by atoms with Gasteiger partial charge in [-0.2, -0.15) is 0 Å². The smallest absolute Gasteiger partial charge is 0.332 e. The molecule has 114 valence electrons. The lowest BCUT2D eigenvalue weighted by atomic mass is 9.99. The maximum Gasteiger partial charge on any atom is 0.332 e. The summed E-state index contributed by atoms with van der Waals surface area (Å²) in [6.07, 6.45) is 2.91. The van der Waals surface area contributed by atoms with Gasteiger partial charge < -0.3 is 5.11 Å². The molecule has 2 rings (SSSR count). The highest BCUT2D eigenvalue weighted by Crippen LogP contribution is 2.30. The van der Waals surface area contributed by atoms with Crippen LogP contribution in [0.3, 0.4) is 0 Å². The third-order valence-corrected chi connectivity index (χ3v) is 5.48. The Labute approximate surface area is 132 Å². The number of carboxylic acid groups (broad SMARTS) is 1. The Morgan fingerprint density at radius 3 is 2.67 bits per heavy atom. The molecular weight excluding hydrogens is 337 g/mol. The van der Waals surface area contributed by atoms with Gasteiger partial charge >= 0.3 is 5.97 Å². The second-order valence-corrected chi connectivity index (χ2v) is 7.36. The van der Waals surface area contributed by atoms with E-state index in [0.29, 0.717) is 17.9 Å². The zero-order valence-corrected chi connectivity index (χ0v) is 13.2. The molecule has 1 unspecified atom stereocenters. The number of carboxylic acids is 1. The summed E-state index contributed by atoms with van der Waals surface area (Å²) in [5, 5.41) is 8.57. The standard InChI is InChI=1S/C13H13Cl2NO4S/c14-8-5-6-11(10(15)7-8)16-21(19,20)12-4-2-1-3-9(12)13(17)18/h3,5-7,12,16H,1-2,4H2,(H,17,18). The summed E-state index contributed by atoms with van der Waals surface area (Å²) in [5.74, 6) is -1.22. The van der Waals surface area contributed by atoms with Gasteiger partial charge in [0.1, 0.15) is 5.25 Å². The van der Waals surface area contributed by atoms with Gasteiger partial charge in [0.15, 0.2) is 0 Å². The van der Waals surface area contributed by atoms with Crippen molar-refractivity contribution in [3.05, 3.63) is 39.9 Å². The van der Waals surface area contributed by atoms with Gasteiger partial charge in [0.2, 0.25) is 10.0 Å². The largest absolute Gasteiger partial charge is 0.478 e. The van der Waals surface area contributed by atoms with Crippen molar-refractivity contribution < 1.29 is 18.3 Å². The SMILES string of the molecule is O=C(O)C1=CCCCC1S(=O)(=O)Nc1ccc(Cl)cc1Cl. The predicted molar refractivity (Wildman–Crippen MR) is 82.4 cm³/mol. The van der Waals surface area contributed by atoms with Crippen molar-refractivity contribution in [1.82, 2.24) is 0 Å². The molecular formula is C13H13Cl2NO4S. The number of aliphatic carboxylic acids is 1. The number of anilines is 1. The highest BCUT2D eigenvalue weighted by atomic mass is 35.5. The van der Waals surface area contributed by atoms with E-state index in [2.05, 4.69) is 4.72 Å². The second kappa shape index (κ2) is 6.25. The van der Waals surface area contributed by atoms with Crippen LogP contribution in [0.2, 0.25) is 10.0 Å². The Balaban J connectivity index is 2.31. The van der Waals surface area contributed by atoms with Crippen molar-refractivity contribution >= 4 is 44.9 Å². The highest BCUT2D eigenvalue weighted by Gasteiger charge is 2.34. The molecule has 0 saturated carbocycles. The molecule has 1 aliphatic rings. The molecule has 0 aliphatic heterocycles. The first-order chi connectivity index (χ1) is 9.81. The normalized spacial score (nSPS) is 19.0. The van der Waals surface area contributed by atoms with E-state index in [1.165, 1.54) is 24.3 Å². The fourth-order valence-corrected chi connectivity index (χ4v) is 4.34. The first kappa shape index (κ1) is 16.1. The van der Waals surface area contributed by atoms with Crippen molar-refractivity contribution in [3.8, 4) is 0 Å². The quantitative estimate of drug-likeness (QED) is 0.873. The van der Waals surface area contributed by atoms with Crippen LogP contribution >= 0.6 is 23.2 Å². The molecule has 0 saturated heterocycles. The Hall–Kier alpha value is -1.24. The molecule has 1 atom stereocenters. The van der Waals surface area contributed by atoms with Crippen LogP contribution in [0.25, 0.3) is 0 Å². The lowest BCUT2D eigenvalue weighted by Crippen LogP contribution is -2.34. The molecule has 1 aliphatic carbocycles. The number of nitrogens with one attached hydrogen (secondary N) is 1. The van der Waals surface area contributed by atoms with E-state index in [9.17, 15) is 13.2 Å². The monoisotopic (exact) mass is 349 g/mol. The number of hydrogen-bond donors (Lipinski definition) is 2. The fourth-order valence-electron chi connectivity index (χ4n) is 2.19. The van der Waals surface area contributed by atoms with Gasteiger partial charge in [0.05, 0.1) is 16.3 Å². The molecule has 1 aromatic carbocycles. The molecule has 0 fully saturated rings.